The van der Waals surface area contributed by atoms with Gasteiger partial charge in [0.1, 0.15) is 0 Å². The molecule has 1 aromatic heterocycles. The summed E-state index contributed by atoms with van der Waals surface area (Å²) in [4.78, 5) is 24.5. The zero-order valence-corrected chi connectivity index (χ0v) is 18.4. The van der Waals surface area contributed by atoms with E-state index in [-0.39, 0.29) is 24.1 Å². The zero-order chi connectivity index (χ0) is 21.5. The molecule has 2 N–H and O–H groups in total. The van der Waals surface area contributed by atoms with Crippen LogP contribution in [0, 0.1) is 0 Å². The Hall–Kier alpha value is -2.55. The Labute approximate surface area is 188 Å². The molecule has 2 aromatic carbocycles. The molecule has 0 atom stereocenters. The molecular weight excluding hydrogens is 445 g/mol. The molecule has 7 nitrogen and oxygen atoms in total. The van der Waals surface area contributed by atoms with Gasteiger partial charge in [0.2, 0.25) is 5.91 Å². The molecule has 2 amide bonds. The molecule has 0 aliphatic carbocycles. The van der Waals surface area contributed by atoms with Crippen molar-refractivity contribution >= 4 is 52.5 Å². The van der Waals surface area contributed by atoms with Gasteiger partial charge in [0.05, 0.1) is 23.0 Å². The molecule has 1 heterocycles. The van der Waals surface area contributed by atoms with Crippen LogP contribution >= 0.6 is 35.0 Å². The van der Waals surface area contributed by atoms with Crippen LogP contribution in [0.15, 0.2) is 53.7 Å². The predicted molar refractivity (Wildman–Crippen MR) is 119 cm³/mol. The molecule has 0 fully saturated rings. The normalized spacial score (nSPS) is 10.6. The Kier molecular flexibility index (Phi) is 7.73. The Morgan fingerprint density at radius 1 is 1.10 bits per heavy atom. The lowest BCUT2D eigenvalue weighted by molar-refractivity contribution is -0.113. The number of amides is 2. The first-order valence-electron chi connectivity index (χ1n) is 9.11. The van der Waals surface area contributed by atoms with Crippen LogP contribution in [-0.2, 0) is 17.9 Å². The van der Waals surface area contributed by atoms with E-state index in [1.54, 1.807) is 42.5 Å². The topological polar surface area (TPSA) is 88.9 Å². The number of halogens is 2. The van der Waals surface area contributed by atoms with E-state index in [4.69, 9.17) is 23.2 Å². The molecule has 0 bridgehead atoms. The number of nitrogens with zero attached hydrogens (tertiary/aromatic N) is 3. The maximum absolute atomic E-state index is 12.3. The van der Waals surface area contributed by atoms with Gasteiger partial charge in [0, 0.05) is 17.1 Å². The molecule has 0 saturated carbocycles. The van der Waals surface area contributed by atoms with Crippen molar-refractivity contribution in [3.63, 3.8) is 0 Å². The van der Waals surface area contributed by atoms with E-state index in [0.717, 1.165) is 0 Å². The van der Waals surface area contributed by atoms with Crippen molar-refractivity contribution in [2.75, 3.05) is 11.1 Å². The summed E-state index contributed by atoms with van der Waals surface area (Å²) in [5.74, 6) is 0.335. The fraction of sp³-hybridized carbons (Fsp3) is 0.200. The molecule has 156 valence electrons. The van der Waals surface area contributed by atoms with Crippen LogP contribution in [0.1, 0.15) is 23.1 Å². The van der Waals surface area contributed by atoms with Crippen molar-refractivity contribution in [2.45, 2.75) is 25.2 Å². The van der Waals surface area contributed by atoms with Crippen LogP contribution in [0.4, 0.5) is 5.69 Å². The number of nitrogens with one attached hydrogen (secondary N) is 2. The van der Waals surface area contributed by atoms with E-state index < -0.39 is 0 Å². The second kappa shape index (κ2) is 10.5. The Balaban J connectivity index is 1.57. The minimum atomic E-state index is -0.228. The lowest BCUT2D eigenvalue weighted by atomic mass is 10.2. The van der Waals surface area contributed by atoms with E-state index >= 15 is 0 Å². The van der Waals surface area contributed by atoms with E-state index in [1.165, 1.54) is 11.8 Å². The molecule has 0 spiro atoms. The van der Waals surface area contributed by atoms with Gasteiger partial charge in [0.25, 0.3) is 5.91 Å². The molecule has 0 aliphatic heterocycles. The number of carbonyl (C=O) groups is 2. The van der Waals surface area contributed by atoms with Gasteiger partial charge in [-0.3, -0.25) is 9.59 Å². The Morgan fingerprint density at radius 3 is 2.57 bits per heavy atom. The van der Waals surface area contributed by atoms with Crippen LogP contribution in [-0.4, -0.2) is 32.3 Å². The fourth-order valence-electron chi connectivity index (χ4n) is 2.63. The maximum atomic E-state index is 12.3. The van der Waals surface area contributed by atoms with Gasteiger partial charge in [-0.15, -0.1) is 10.2 Å². The first-order chi connectivity index (χ1) is 14.5. The summed E-state index contributed by atoms with van der Waals surface area (Å²) in [6.07, 6.45) is 0. The van der Waals surface area contributed by atoms with Crippen molar-refractivity contribution in [2.24, 2.45) is 0 Å². The first-order valence-corrected chi connectivity index (χ1v) is 10.8. The summed E-state index contributed by atoms with van der Waals surface area (Å²) in [7, 11) is 0. The lowest BCUT2D eigenvalue weighted by Crippen LogP contribution is -2.24. The number of aromatic nitrogens is 3. The van der Waals surface area contributed by atoms with E-state index in [1.807, 2.05) is 17.6 Å². The molecule has 3 aromatic rings. The third kappa shape index (κ3) is 5.75. The van der Waals surface area contributed by atoms with Gasteiger partial charge in [-0.2, -0.15) is 0 Å². The first kappa shape index (κ1) is 22.1. The maximum Gasteiger partial charge on any atom is 0.251 e. The minimum Gasteiger partial charge on any atom is -0.345 e. The van der Waals surface area contributed by atoms with E-state index in [2.05, 4.69) is 20.8 Å². The van der Waals surface area contributed by atoms with Crippen LogP contribution < -0.4 is 10.6 Å². The van der Waals surface area contributed by atoms with Gasteiger partial charge in [-0.05, 0) is 37.3 Å². The molecule has 0 unspecified atom stereocenters. The van der Waals surface area contributed by atoms with Crippen molar-refractivity contribution < 1.29 is 9.59 Å². The number of hydrogen-bond donors (Lipinski definition) is 2. The highest BCUT2D eigenvalue weighted by Gasteiger charge is 2.15. The van der Waals surface area contributed by atoms with Crippen molar-refractivity contribution in [3.05, 3.63) is 70.0 Å². The summed E-state index contributed by atoms with van der Waals surface area (Å²) >= 11 is 13.2. The van der Waals surface area contributed by atoms with Crippen LogP contribution in [0.5, 0.6) is 0 Å². The molecular formula is C20H19Cl2N5O2S. The summed E-state index contributed by atoms with van der Waals surface area (Å²) in [5, 5.41) is 15.3. The number of thioether (sulfide) groups is 1. The van der Waals surface area contributed by atoms with Crippen molar-refractivity contribution in [1.82, 2.24) is 20.1 Å². The molecule has 0 saturated heterocycles. The number of hydrogen-bond acceptors (Lipinski definition) is 5. The number of benzene rings is 2. The molecule has 3 rings (SSSR count). The molecule has 30 heavy (non-hydrogen) atoms. The van der Waals surface area contributed by atoms with E-state index in [9.17, 15) is 9.59 Å². The van der Waals surface area contributed by atoms with Gasteiger partial charge in [-0.25, -0.2) is 0 Å². The summed E-state index contributed by atoms with van der Waals surface area (Å²) in [5.41, 5.74) is 1.07. The number of carbonyl (C=O) groups excluding carboxylic acids is 2. The van der Waals surface area contributed by atoms with Crippen molar-refractivity contribution in [1.29, 1.82) is 0 Å². The zero-order valence-electron chi connectivity index (χ0n) is 16.1. The Morgan fingerprint density at radius 2 is 1.87 bits per heavy atom. The standard InChI is InChI=1S/C20H19Cl2N5O2S/c1-2-27-17(11-23-19(29)13-6-4-3-5-7-13)25-26-20(27)30-12-18(28)24-16-9-8-14(21)10-15(16)22/h3-10H,2,11-12H2,1H3,(H,23,29)(H,24,28). The van der Waals surface area contributed by atoms with Crippen LogP contribution in [0.3, 0.4) is 0 Å². The second-order valence-corrected chi connectivity index (χ2v) is 7.94. The fourth-order valence-corrected chi connectivity index (χ4v) is 3.91. The second-order valence-electron chi connectivity index (χ2n) is 6.15. The summed E-state index contributed by atoms with van der Waals surface area (Å²) in [6.45, 7) is 2.79. The molecule has 0 radical (unpaired) electrons. The third-order valence-electron chi connectivity index (χ3n) is 4.09. The third-order valence-corrected chi connectivity index (χ3v) is 5.60. The van der Waals surface area contributed by atoms with Gasteiger partial charge < -0.3 is 15.2 Å². The summed E-state index contributed by atoms with van der Waals surface area (Å²) in [6, 6.07) is 13.8. The van der Waals surface area contributed by atoms with Gasteiger partial charge >= 0.3 is 0 Å². The SMILES string of the molecule is CCn1c(CNC(=O)c2ccccc2)nnc1SCC(=O)Nc1ccc(Cl)cc1Cl. The van der Waals surface area contributed by atoms with Gasteiger partial charge in [-0.1, -0.05) is 53.2 Å². The number of rotatable bonds is 8. The predicted octanol–water partition coefficient (Wildman–Crippen LogP) is 4.27. The smallest absolute Gasteiger partial charge is 0.251 e. The van der Waals surface area contributed by atoms with Crippen LogP contribution in [0.2, 0.25) is 10.0 Å². The average molecular weight is 464 g/mol. The summed E-state index contributed by atoms with van der Waals surface area (Å²) < 4.78 is 1.86. The quantitative estimate of drug-likeness (QED) is 0.487. The highest BCUT2D eigenvalue weighted by molar-refractivity contribution is 7.99. The van der Waals surface area contributed by atoms with Crippen LogP contribution in [0.25, 0.3) is 0 Å². The highest BCUT2D eigenvalue weighted by atomic mass is 35.5. The largest absolute Gasteiger partial charge is 0.345 e. The van der Waals surface area contributed by atoms with Crippen molar-refractivity contribution in [3.8, 4) is 0 Å². The highest BCUT2D eigenvalue weighted by Crippen LogP contribution is 2.26. The Bertz CT molecular complexity index is 1040. The number of anilines is 1. The lowest BCUT2D eigenvalue weighted by Gasteiger charge is -2.09. The molecule has 0 aliphatic rings. The molecule has 10 heteroatoms. The monoisotopic (exact) mass is 463 g/mol. The van der Waals surface area contributed by atoms with E-state index in [0.29, 0.717) is 38.8 Å². The average Bonchev–Trinajstić information content (AvgIpc) is 3.15. The minimum absolute atomic E-state index is 0.132. The van der Waals surface area contributed by atoms with Gasteiger partial charge in [0.15, 0.2) is 11.0 Å².